The van der Waals surface area contributed by atoms with Gasteiger partial charge in [0.2, 0.25) is 0 Å². The number of benzene rings is 1. The highest BCUT2D eigenvalue weighted by Crippen LogP contribution is 2.26. The molecule has 1 aliphatic rings. The molecule has 0 bridgehead atoms. The highest BCUT2D eigenvalue weighted by Gasteiger charge is 2.27. The fourth-order valence-corrected chi connectivity index (χ4v) is 3.17. The van der Waals surface area contributed by atoms with Crippen molar-refractivity contribution in [3.63, 3.8) is 0 Å². The average Bonchev–Trinajstić information content (AvgIpc) is 2.32. The van der Waals surface area contributed by atoms with Crippen molar-refractivity contribution in [2.24, 2.45) is 11.7 Å². The van der Waals surface area contributed by atoms with Crippen LogP contribution in [-0.2, 0) is 6.54 Å². The zero-order chi connectivity index (χ0) is 12.3. The van der Waals surface area contributed by atoms with E-state index in [4.69, 9.17) is 5.73 Å². The molecule has 0 aliphatic carbocycles. The lowest BCUT2D eigenvalue weighted by Gasteiger charge is -2.39. The van der Waals surface area contributed by atoms with Gasteiger partial charge in [-0.05, 0) is 36.9 Å². The van der Waals surface area contributed by atoms with Gasteiger partial charge in [0.1, 0.15) is 0 Å². The maximum atomic E-state index is 5.92. The highest BCUT2D eigenvalue weighted by atomic mass is 79.9. The van der Waals surface area contributed by atoms with Gasteiger partial charge in [0.05, 0.1) is 0 Å². The monoisotopic (exact) mass is 296 g/mol. The Kier molecular flexibility index (Phi) is 4.60. The highest BCUT2D eigenvalue weighted by molar-refractivity contribution is 9.10. The summed E-state index contributed by atoms with van der Waals surface area (Å²) in [4.78, 5) is 2.54. The van der Waals surface area contributed by atoms with Gasteiger partial charge in [0.15, 0.2) is 0 Å². The molecule has 0 spiro atoms. The zero-order valence-corrected chi connectivity index (χ0v) is 12.0. The number of hydrogen-bond acceptors (Lipinski definition) is 2. The zero-order valence-electron chi connectivity index (χ0n) is 10.4. The standard InChI is InChI=1S/C14H21BrN2/c1-11-5-4-8-17(14(11)9-16)10-12-6-2-3-7-13(12)15/h2-3,6-7,11,14H,4-5,8-10,16H2,1H3. The van der Waals surface area contributed by atoms with Crippen molar-refractivity contribution in [3.05, 3.63) is 34.3 Å². The Hall–Kier alpha value is -0.380. The minimum atomic E-state index is 0.538. The van der Waals surface area contributed by atoms with Crippen LogP contribution in [-0.4, -0.2) is 24.0 Å². The first kappa shape index (κ1) is 13.1. The SMILES string of the molecule is CC1CCCN(Cc2ccccc2Br)C1CN. The van der Waals surface area contributed by atoms with Gasteiger partial charge in [0.25, 0.3) is 0 Å². The molecule has 0 amide bonds. The number of piperidine rings is 1. The number of nitrogens with two attached hydrogens (primary N) is 1. The Labute approximate surface area is 112 Å². The van der Waals surface area contributed by atoms with Crippen LogP contribution < -0.4 is 5.73 Å². The molecule has 3 heteroatoms. The fraction of sp³-hybridized carbons (Fsp3) is 0.571. The largest absolute Gasteiger partial charge is 0.329 e. The summed E-state index contributed by atoms with van der Waals surface area (Å²) in [5.74, 6) is 0.719. The van der Waals surface area contributed by atoms with Crippen LogP contribution in [0.15, 0.2) is 28.7 Å². The molecule has 1 saturated heterocycles. The summed E-state index contributed by atoms with van der Waals surface area (Å²) in [6, 6.07) is 9.00. The summed E-state index contributed by atoms with van der Waals surface area (Å²) < 4.78 is 1.20. The topological polar surface area (TPSA) is 29.3 Å². The second-order valence-corrected chi connectivity index (χ2v) is 5.84. The molecule has 94 valence electrons. The molecule has 2 N–H and O–H groups in total. The predicted octanol–water partition coefficient (Wildman–Crippen LogP) is 3.01. The Morgan fingerprint density at radius 1 is 1.41 bits per heavy atom. The van der Waals surface area contributed by atoms with Crippen LogP contribution in [0.1, 0.15) is 25.3 Å². The molecule has 0 aromatic heterocycles. The van der Waals surface area contributed by atoms with Gasteiger partial charge in [-0.3, -0.25) is 4.90 Å². The first-order valence-corrected chi connectivity index (χ1v) is 7.19. The molecule has 1 heterocycles. The van der Waals surface area contributed by atoms with Gasteiger partial charge in [0, 0.05) is 23.6 Å². The van der Waals surface area contributed by atoms with E-state index in [1.165, 1.54) is 29.4 Å². The average molecular weight is 297 g/mol. The fourth-order valence-electron chi connectivity index (χ4n) is 2.76. The summed E-state index contributed by atoms with van der Waals surface area (Å²) in [7, 11) is 0. The van der Waals surface area contributed by atoms with Crippen molar-refractivity contribution in [1.29, 1.82) is 0 Å². The quantitative estimate of drug-likeness (QED) is 0.929. The van der Waals surface area contributed by atoms with E-state index in [0.717, 1.165) is 19.0 Å². The molecule has 1 aromatic carbocycles. The molecule has 2 rings (SSSR count). The van der Waals surface area contributed by atoms with Crippen LogP contribution in [0.2, 0.25) is 0 Å². The molecule has 2 unspecified atom stereocenters. The molecule has 1 aliphatic heterocycles. The molecule has 0 radical (unpaired) electrons. The smallest absolute Gasteiger partial charge is 0.0248 e. The van der Waals surface area contributed by atoms with Crippen molar-refractivity contribution in [2.45, 2.75) is 32.4 Å². The molecule has 1 fully saturated rings. The Morgan fingerprint density at radius 2 is 2.18 bits per heavy atom. The van der Waals surface area contributed by atoms with E-state index in [-0.39, 0.29) is 0 Å². The molecule has 2 atom stereocenters. The first-order valence-electron chi connectivity index (χ1n) is 6.40. The van der Waals surface area contributed by atoms with Gasteiger partial charge < -0.3 is 5.73 Å². The van der Waals surface area contributed by atoms with Crippen LogP contribution in [0, 0.1) is 5.92 Å². The maximum Gasteiger partial charge on any atom is 0.0248 e. The first-order chi connectivity index (χ1) is 8.22. The molecule has 17 heavy (non-hydrogen) atoms. The minimum absolute atomic E-state index is 0.538. The van der Waals surface area contributed by atoms with Crippen molar-refractivity contribution in [1.82, 2.24) is 4.90 Å². The Balaban J connectivity index is 2.09. The van der Waals surface area contributed by atoms with E-state index in [1.807, 2.05) is 0 Å². The van der Waals surface area contributed by atoms with E-state index in [0.29, 0.717) is 6.04 Å². The number of nitrogens with zero attached hydrogens (tertiary/aromatic N) is 1. The number of rotatable bonds is 3. The lowest BCUT2D eigenvalue weighted by Crippen LogP contribution is -2.48. The number of halogens is 1. The van der Waals surface area contributed by atoms with Gasteiger partial charge in [-0.15, -0.1) is 0 Å². The van der Waals surface area contributed by atoms with Gasteiger partial charge >= 0.3 is 0 Å². The maximum absolute atomic E-state index is 5.92. The van der Waals surface area contributed by atoms with E-state index in [2.05, 4.69) is 52.0 Å². The van der Waals surface area contributed by atoms with Gasteiger partial charge in [-0.25, -0.2) is 0 Å². The minimum Gasteiger partial charge on any atom is -0.329 e. The van der Waals surface area contributed by atoms with Crippen molar-refractivity contribution < 1.29 is 0 Å². The van der Waals surface area contributed by atoms with Crippen LogP contribution in [0.5, 0.6) is 0 Å². The van der Waals surface area contributed by atoms with Crippen LogP contribution >= 0.6 is 15.9 Å². The van der Waals surface area contributed by atoms with E-state index in [9.17, 15) is 0 Å². The van der Waals surface area contributed by atoms with Crippen molar-refractivity contribution >= 4 is 15.9 Å². The van der Waals surface area contributed by atoms with Crippen molar-refractivity contribution in [3.8, 4) is 0 Å². The van der Waals surface area contributed by atoms with Crippen LogP contribution in [0.4, 0.5) is 0 Å². The molecular weight excluding hydrogens is 276 g/mol. The lowest BCUT2D eigenvalue weighted by molar-refractivity contribution is 0.0989. The lowest BCUT2D eigenvalue weighted by atomic mass is 9.90. The predicted molar refractivity (Wildman–Crippen MR) is 75.8 cm³/mol. The molecule has 2 nitrogen and oxygen atoms in total. The third-order valence-corrected chi connectivity index (χ3v) is 4.58. The van der Waals surface area contributed by atoms with E-state index in [1.54, 1.807) is 0 Å². The van der Waals surface area contributed by atoms with E-state index >= 15 is 0 Å². The summed E-state index contributed by atoms with van der Waals surface area (Å²) in [5, 5.41) is 0. The normalized spacial score (nSPS) is 26.1. The number of hydrogen-bond donors (Lipinski definition) is 1. The van der Waals surface area contributed by atoms with Crippen LogP contribution in [0.25, 0.3) is 0 Å². The Bertz CT molecular complexity index is 367. The number of likely N-dealkylation sites (tertiary alicyclic amines) is 1. The summed E-state index contributed by atoms with van der Waals surface area (Å²) in [6.45, 7) is 5.27. The summed E-state index contributed by atoms with van der Waals surface area (Å²) >= 11 is 3.62. The second-order valence-electron chi connectivity index (χ2n) is 4.98. The van der Waals surface area contributed by atoms with Crippen LogP contribution in [0.3, 0.4) is 0 Å². The molecule has 0 saturated carbocycles. The second kappa shape index (κ2) is 5.98. The third-order valence-electron chi connectivity index (χ3n) is 3.80. The van der Waals surface area contributed by atoms with E-state index < -0.39 is 0 Å². The van der Waals surface area contributed by atoms with Gasteiger partial charge in [-0.2, -0.15) is 0 Å². The Morgan fingerprint density at radius 3 is 2.88 bits per heavy atom. The van der Waals surface area contributed by atoms with Gasteiger partial charge in [-0.1, -0.05) is 41.1 Å². The molecular formula is C14H21BrN2. The van der Waals surface area contributed by atoms with Crippen molar-refractivity contribution in [2.75, 3.05) is 13.1 Å². The summed E-state index contributed by atoms with van der Waals surface area (Å²) in [6.07, 6.45) is 2.61. The molecule has 1 aromatic rings. The summed E-state index contributed by atoms with van der Waals surface area (Å²) in [5.41, 5.74) is 7.28. The third kappa shape index (κ3) is 3.09.